The van der Waals surface area contributed by atoms with Crippen LogP contribution < -0.4 is 9.64 Å². The Morgan fingerprint density at radius 2 is 1.87 bits per heavy atom. The molecule has 1 aliphatic heterocycles. The van der Waals surface area contributed by atoms with Crippen LogP contribution in [0.25, 0.3) is 11.3 Å². The largest absolute Gasteiger partial charge is 0.497 e. The molecule has 0 unspecified atom stereocenters. The van der Waals surface area contributed by atoms with E-state index in [1.54, 1.807) is 13.4 Å². The monoisotopic (exact) mass is 405 g/mol. The van der Waals surface area contributed by atoms with E-state index in [-0.39, 0.29) is 5.91 Å². The fourth-order valence-corrected chi connectivity index (χ4v) is 3.80. The standard InChI is InChI=1S/C24H27N3O3/c1-18-6-8-19(9-7-18)24-20(17-30-25-24)10-11-23(28)27-14-12-26(13-15-27)21-4-3-5-22(16-21)29-2/h3-9,16-17H,10-15H2,1-2H3. The quantitative estimate of drug-likeness (QED) is 0.622. The predicted molar refractivity (Wildman–Crippen MR) is 117 cm³/mol. The number of anilines is 1. The van der Waals surface area contributed by atoms with E-state index in [4.69, 9.17) is 9.26 Å². The average Bonchev–Trinajstić information content (AvgIpc) is 3.27. The Bertz CT molecular complexity index is 989. The molecule has 0 spiro atoms. The zero-order chi connectivity index (χ0) is 20.9. The predicted octanol–water partition coefficient (Wildman–Crippen LogP) is 3.94. The molecule has 0 aliphatic carbocycles. The lowest BCUT2D eigenvalue weighted by Crippen LogP contribution is -2.48. The Balaban J connectivity index is 1.32. The van der Waals surface area contributed by atoms with Crippen LogP contribution in [0.15, 0.2) is 59.3 Å². The zero-order valence-electron chi connectivity index (χ0n) is 17.5. The van der Waals surface area contributed by atoms with Crippen LogP contribution in [0, 0.1) is 6.92 Å². The van der Waals surface area contributed by atoms with E-state index in [0.717, 1.165) is 54.4 Å². The van der Waals surface area contributed by atoms with Gasteiger partial charge in [-0.1, -0.05) is 41.1 Å². The molecule has 6 nitrogen and oxygen atoms in total. The minimum Gasteiger partial charge on any atom is -0.497 e. The Morgan fingerprint density at radius 3 is 2.60 bits per heavy atom. The van der Waals surface area contributed by atoms with E-state index in [0.29, 0.717) is 12.8 Å². The molecule has 0 N–H and O–H groups in total. The van der Waals surface area contributed by atoms with Gasteiger partial charge in [0.05, 0.1) is 7.11 Å². The summed E-state index contributed by atoms with van der Waals surface area (Å²) in [6, 6.07) is 16.2. The maximum Gasteiger partial charge on any atom is 0.223 e. The van der Waals surface area contributed by atoms with Crippen molar-refractivity contribution in [2.45, 2.75) is 19.8 Å². The smallest absolute Gasteiger partial charge is 0.223 e. The van der Waals surface area contributed by atoms with Gasteiger partial charge in [-0.05, 0) is 25.5 Å². The van der Waals surface area contributed by atoms with Gasteiger partial charge in [0.2, 0.25) is 5.91 Å². The number of carbonyl (C=O) groups excluding carboxylic acids is 1. The zero-order valence-corrected chi connectivity index (χ0v) is 17.5. The van der Waals surface area contributed by atoms with E-state index in [9.17, 15) is 4.79 Å². The summed E-state index contributed by atoms with van der Waals surface area (Å²) in [5, 5.41) is 4.15. The summed E-state index contributed by atoms with van der Waals surface area (Å²) in [4.78, 5) is 17.0. The van der Waals surface area contributed by atoms with Crippen LogP contribution in [0.5, 0.6) is 5.75 Å². The second kappa shape index (κ2) is 9.03. The number of aryl methyl sites for hydroxylation is 2. The lowest BCUT2D eigenvalue weighted by molar-refractivity contribution is -0.131. The number of methoxy groups -OCH3 is 1. The number of nitrogens with zero attached hydrogens (tertiary/aromatic N) is 3. The minimum absolute atomic E-state index is 0.177. The number of carbonyl (C=O) groups is 1. The highest BCUT2D eigenvalue weighted by Gasteiger charge is 2.22. The van der Waals surface area contributed by atoms with Gasteiger partial charge in [-0.2, -0.15) is 0 Å². The van der Waals surface area contributed by atoms with Crippen molar-refractivity contribution in [3.8, 4) is 17.0 Å². The summed E-state index contributed by atoms with van der Waals surface area (Å²) in [6.07, 6.45) is 2.74. The molecular formula is C24H27N3O3. The second-order valence-electron chi connectivity index (χ2n) is 7.62. The Hall–Kier alpha value is -3.28. The normalized spacial score (nSPS) is 14.1. The van der Waals surface area contributed by atoms with E-state index in [2.05, 4.69) is 35.2 Å². The van der Waals surface area contributed by atoms with Crippen molar-refractivity contribution in [1.82, 2.24) is 10.1 Å². The molecule has 0 atom stereocenters. The first-order valence-electron chi connectivity index (χ1n) is 10.3. The molecular weight excluding hydrogens is 378 g/mol. The molecule has 2 aromatic carbocycles. The highest BCUT2D eigenvalue weighted by molar-refractivity contribution is 5.77. The van der Waals surface area contributed by atoms with Gasteiger partial charge in [-0.15, -0.1) is 0 Å². The SMILES string of the molecule is COc1cccc(N2CCN(C(=O)CCc3conc3-c3ccc(C)cc3)CC2)c1. The van der Waals surface area contributed by atoms with Crippen LogP contribution in [0.4, 0.5) is 5.69 Å². The molecule has 0 bridgehead atoms. The summed E-state index contributed by atoms with van der Waals surface area (Å²) in [5.74, 6) is 1.03. The van der Waals surface area contributed by atoms with E-state index in [1.807, 2.05) is 35.2 Å². The lowest BCUT2D eigenvalue weighted by atomic mass is 10.0. The number of aromatic nitrogens is 1. The van der Waals surface area contributed by atoms with Crippen molar-refractivity contribution in [2.75, 3.05) is 38.2 Å². The lowest BCUT2D eigenvalue weighted by Gasteiger charge is -2.36. The molecule has 156 valence electrons. The van der Waals surface area contributed by atoms with Gasteiger partial charge >= 0.3 is 0 Å². The third-order valence-electron chi connectivity index (χ3n) is 5.63. The Kier molecular flexibility index (Phi) is 6.02. The molecule has 6 heteroatoms. The average molecular weight is 405 g/mol. The summed E-state index contributed by atoms with van der Waals surface area (Å²) >= 11 is 0. The number of amides is 1. The first-order chi connectivity index (χ1) is 14.6. The molecule has 30 heavy (non-hydrogen) atoms. The highest BCUT2D eigenvalue weighted by atomic mass is 16.5. The summed E-state index contributed by atoms with van der Waals surface area (Å²) < 4.78 is 10.5. The Labute approximate surface area is 177 Å². The van der Waals surface area contributed by atoms with Gasteiger partial charge in [0.15, 0.2) is 0 Å². The molecule has 1 fully saturated rings. The molecule has 0 saturated carbocycles. The molecule has 1 aromatic heterocycles. The number of piperazine rings is 1. The van der Waals surface area contributed by atoms with Gasteiger partial charge in [0, 0.05) is 55.5 Å². The summed E-state index contributed by atoms with van der Waals surface area (Å²) in [5.41, 5.74) is 5.15. The van der Waals surface area contributed by atoms with Crippen LogP contribution in [0.3, 0.4) is 0 Å². The number of rotatable bonds is 6. The van der Waals surface area contributed by atoms with Gasteiger partial charge in [-0.25, -0.2) is 0 Å². The third kappa shape index (κ3) is 4.48. The minimum atomic E-state index is 0.177. The van der Waals surface area contributed by atoms with Crippen molar-refractivity contribution in [3.63, 3.8) is 0 Å². The van der Waals surface area contributed by atoms with E-state index < -0.39 is 0 Å². The van der Waals surface area contributed by atoms with Gasteiger partial charge in [0.25, 0.3) is 0 Å². The third-order valence-corrected chi connectivity index (χ3v) is 5.63. The van der Waals surface area contributed by atoms with Crippen LogP contribution in [-0.4, -0.2) is 49.3 Å². The fourth-order valence-electron chi connectivity index (χ4n) is 3.80. The van der Waals surface area contributed by atoms with E-state index >= 15 is 0 Å². The Morgan fingerprint density at radius 1 is 1.10 bits per heavy atom. The molecule has 2 heterocycles. The van der Waals surface area contributed by atoms with Gasteiger partial charge in [0.1, 0.15) is 17.7 Å². The number of ether oxygens (including phenoxy) is 1. The van der Waals surface area contributed by atoms with Crippen LogP contribution in [-0.2, 0) is 11.2 Å². The molecule has 4 rings (SSSR count). The molecule has 1 saturated heterocycles. The summed E-state index contributed by atoms with van der Waals surface area (Å²) in [6.45, 7) is 5.15. The number of hydrogen-bond donors (Lipinski definition) is 0. The second-order valence-corrected chi connectivity index (χ2v) is 7.62. The van der Waals surface area contributed by atoms with Crippen molar-refractivity contribution in [2.24, 2.45) is 0 Å². The van der Waals surface area contributed by atoms with Crippen molar-refractivity contribution in [3.05, 3.63) is 65.9 Å². The maximum absolute atomic E-state index is 12.8. The van der Waals surface area contributed by atoms with Crippen LogP contribution >= 0.6 is 0 Å². The molecule has 1 amide bonds. The molecule has 3 aromatic rings. The molecule has 1 aliphatic rings. The number of hydrogen-bond acceptors (Lipinski definition) is 5. The maximum atomic E-state index is 12.8. The topological polar surface area (TPSA) is 58.8 Å². The van der Waals surface area contributed by atoms with Crippen molar-refractivity contribution < 1.29 is 14.1 Å². The van der Waals surface area contributed by atoms with Crippen LogP contribution in [0.2, 0.25) is 0 Å². The van der Waals surface area contributed by atoms with Gasteiger partial charge in [-0.3, -0.25) is 4.79 Å². The number of benzene rings is 2. The van der Waals surface area contributed by atoms with E-state index in [1.165, 1.54) is 5.56 Å². The van der Waals surface area contributed by atoms with Crippen molar-refractivity contribution in [1.29, 1.82) is 0 Å². The molecule has 0 radical (unpaired) electrons. The first-order valence-corrected chi connectivity index (χ1v) is 10.3. The van der Waals surface area contributed by atoms with Crippen molar-refractivity contribution >= 4 is 11.6 Å². The van der Waals surface area contributed by atoms with Gasteiger partial charge < -0.3 is 19.1 Å². The summed E-state index contributed by atoms with van der Waals surface area (Å²) in [7, 11) is 1.68. The van der Waals surface area contributed by atoms with Crippen LogP contribution in [0.1, 0.15) is 17.5 Å². The fraction of sp³-hybridized carbons (Fsp3) is 0.333. The highest BCUT2D eigenvalue weighted by Crippen LogP contribution is 2.25. The first kappa shape index (κ1) is 20.0.